The second-order valence-electron chi connectivity index (χ2n) is 7.67. The van der Waals surface area contributed by atoms with Crippen molar-refractivity contribution in [1.82, 2.24) is 0 Å². The molecule has 0 aromatic heterocycles. The first-order chi connectivity index (χ1) is 13.3. The van der Waals surface area contributed by atoms with Crippen LogP contribution in [0.15, 0.2) is 36.4 Å². The van der Waals surface area contributed by atoms with Crippen LogP contribution in [0.3, 0.4) is 0 Å². The Kier molecular flexibility index (Phi) is 4.88. The number of rotatable bonds is 3. The molecule has 2 aromatic carbocycles. The number of hydrogen-bond acceptors (Lipinski definition) is 4. The summed E-state index contributed by atoms with van der Waals surface area (Å²) in [6, 6.07) is 9.64. The van der Waals surface area contributed by atoms with Crippen LogP contribution in [0.5, 0.6) is 5.75 Å². The third-order valence-electron chi connectivity index (χ3n) is 5.93. The van der Waals surface area contributed by atoms with Crippen molar-refractivity contribution in [2.45, 2.75) is 33.8 Å². The maximum atomic E-state index is 11.3. The van der Waals surface area contributed by atoms with E-state index in [2.05, 4.69) is 95.3 Å². The topological polar surface area (TPSA) is 55.6 Å². The third kappa shape index (κ3) is 2.61. The number of ether oxygens (including phenoxy) is 1. The van der Waals surface area contributed by atoms with Crippen LogP contribution in [0.1, 0.15) is 36.1 Å². The molecule has 7 heteroatoms. The number of nitrogens with zero attached hydrogens (tertiary/aromatic N) is 2. The lowest BCUT2D eigenvalue weighted by molar-refractivity contribution is -0.384. The number of non-ortho nitro benzene ring substituents is 1. The molecular formula is C21H20I2N2O3. The first-order valence-electron chi connectivity index (χ1n) is 8.94. The molecule has 146 valence electrons. The first-order valence-corrected chi connectivity index (χ1v) is 12.0. The normalized spacial score (nSPS) is 21.4. The molecule has 2 aliphatic rings. The number of nitro groups is 1. The fourth-order valence-electron chi connectivity index (χ4n) is 4.53. The standard InChI is InChI=1S/C21H20I2N2O3/c1-20(2)18-14(11-22)5-4-6-17(18)24(3)21(20)8-7-13-9-16(25(26)27)10-15(12-23)19(13)28-21/h4-10H,11-12H2,1-3H3. The van der Waals surface area contributed by atoms with E-state index in [-0.39, 0.29) is 16.0 Å². The zero-order valence-corrected chi connectivity index (χ0v) is 20.1. The molecule has 2 aliphatic heterocycles. The maximum Gasteiger partial charge on any atom is 0.270 e. The van der Waals surface area contributed by atoms with Crippen LogP contribution in [-0.4, -0.2) is 17.7 Å². The lowest BCUT2D eigenvalue weighted by Crippen LogP contribution is -2.58. The van der Waals surface area contributed by atoms with E-state index in [0.717, 1.165) is 21.3 Å². The highest BCUT2D eigenvalue weighted by molar-refractivity contribution is 14.1. The van der Waals surface area contributed by atoms with Gasteiger partial charge in [-0.15, -0.1) is 0 Å². The maximum absolute atomic E-state index is 11.3. The Morgan fingerprint density at radius 1 is 1.18 bits per heavy atom. The molecule has 5 nitrogen and oxygen atoms in total. The Balaban J connectivity index is 1.91. The van der Waals surface area contributed by atoms with Crippen LogP contribution >= 0.6 is 45.2 Å². The minimum Gasteiger partial charge on any atom is -0.462 e. The molecular weight excluding hydrogens is 582 g/mol. The number of hydrogen-bond donors (Lipinski definition) is 0. The van der Waals surface area contributed by atoms with Gasteiger partial charge in [-0.3, -0.25) is 10.1 Å². The minimum atomic E-state index is -0.680. The number of likely N-dealkylation sites (N-methyl/N-ethyl adjacent to an activating group) is 1. The fourth-order valence-corrected chi connectivity index (χ4v) is 5.74. The Morgan fingerprint density at radius 3 is 2.54 bits per heavy atom. The van der Waals surface area contributed by atoms with E-state index in [1.165, 1.54) is 16.8 Å². The molecule has 0 aliphatic carbocycles. The molecule has 0 fully saturated rings. The molecule has 0 bridgehead atoms. The summed E-state index contributed by atoms with van der Waals surface area (Å²) in [6.45, 7) is 4.44. The number of nitro benzene ring substituents is 1. The minimum absolute atomic E-state index is 0.101. The predicted molar refractivity (Wildman–Crippen MR) is 129 cm³/mol. The monoisotopic (exact) mass is 602 g/mol. The fraction of sp³-hybridized carbons (Fsp3) is 0.333. The highest BCUT2D eigenvalue weighted by Gasteiger charge is 2.58. The largest absolute Gasteiger partial charge is 0.462 e. The van der Waals surface area contributed by atoms with Crippen LogP contribution < -0.4 is 9.64 Å². The van der Waals surface area contributed by atoms with E-state index in [4.69, 9.17) is 4.74 Å². The zero-order valence-electron chi connectivity index (χ0n) is 15.8. The molecule has 1 unspecified atom stereocenters. The summed E-state index contributed by atoms with van der Waals surface area (Å²) in [5.41, 5.74) is 4.53. The van der Waals surface area contributed by atoms with Crippen molar-refractivity contribution in [3.05, 3.63) is 68.8 Å². The summed E-state index contributed by atoms with van der Waals surface area (Å²) in [4.78, 5) is 13.2. The molecule has 0 radical (unpaired) electrons. The van der Waals surface area contributed by atoms with Gasteiger partial charge in [-0.2, -0.15) is 0 Å². The van der Waals surface area contributed by atoms with Crippen molar-refractivity contribution < 1.29 is 9.66 Å². The number of fused-ring (bicyclic) bond motifs is 2. The average Bonchev–Trinajstić information content (AvgIpc) is 2.85. The summed E-state index contributed by atoms with van der Waals surface area (Å²) in [5, 5.41) is 11.3. The highest BCUT2D eigenvalue weighted by Crippen LogP contribution is 2.56. The van der Waals surface area contributed by atoms with Gasteiger partial charge in [0, 0.05) is 44.8 Å². The van der Waals surface area contributed by atoms with Crippen LogP contribution in [0, 0.1) is 10.1 Å². The van der Waals surface area contributed by atoms with Gasteiger partial charge in [-0.05, 0) is 43.2 Å². The third-order valence-corrected chi connectivity index (χ3v) is 7.58. The van der Waals surface area contributed by atoms with E-state index in [1.54, 1.807) is 12.1 Å². The van der Waals surface area contributed by atoms with Gasteiger partial charge in [0.25, 0.3) is 5.69 Å². The van der Waals surface area contributed by atoms with Crippen LogP contribution in [0.25, 0.3) is 6.08 Å². The van der Waals surface area contributed by atoms with E-state index < -0.39 is 5.72 Å². The van der Waals surface area contributed by atoms with Crippen LogP contribution in [0.2, 0.25) is 0 Å². The first kappa shape index (κ1) is 19.9. The van der Waals surface area contributed by atoms with Gasteiger partial charge in [-0.1, -0.05) is 57.3 Å². The molecule has 0 saturated carbocycles. The van der Waals surface area contributed by atoms with Crippen LogP contribution in [0.4, 0.5) is 11.4 Å². The summed E-state index contributed by atoms with van der Waals surface area (Å²) in [6.07, 6.45) is 4.04. The predicted octanol–water partition coefficient (Wildman–Crippen LogP) is 5.99. The Bertz CT molecular complexity index is 1020. The summed E-state index contributed by atoms with van der Waals surface area (Å²) >= 11 is 4.64. The lowest BCUT2D eigenvalue weighted by atomic mass is 9.75. The van der Waals surface area contributed by atoms with Crippen molar-refractivity contribution in [2.75, 3.05) is 11.9 Å². The van der Waals surface area contributed by atoms with Gasteiger partial charge in [0.1, 0.15) is 5.75 Å². The second kappa shape index (κ2) is 6.86. The number of anilines is 1. The molecule has 28 heavy (non-hydrogen) atoms. The summed E-state index contributed by atoms with van der Waals surface area (Å²) < 4.78 is 8.33. The van der Waals surface area contributed by atoms with Gasteiger partial charge in [0.2, 0.25) is 5.72 Å². The number of benzene rings is 2. The molecule has 4 rings (SSSR count). The molecule has 2 heterocycles. The molecule has 0 N–H and O–H groups in total. The van der Waals surface area contributed by atoms with Gasteiger partial charge in [0.05, 0.1) is 10.3 Å². The van der Waals surface area contributed by atoms with Crippen molar-refractivity contribution in [1.29, 1.82) is 0 Å². The van der Waals surface area contributed by atoms with Crippen molar-refractivity contribution >= 4 is 62.6 Å². The molecule has 0 amide bonds. The van der Waals surface area contributed by atoms with Crippen molar-refractivity contribution in [3.63, 3.8) is 0 Å². The van der Waals surface area contributed by atoms with E-state index >= 15 is 0 Å². The average molecular weight is 602 g/mol. The number of alkyl halides is 2. The summed E-state index contributed by atoms with van der Waals surface area (Å²) in [7, 11) is 2.06. The van der Waals surface area contributed by atoms with Crippen molar-refractivity contribution in [3.8, 4) is 5.75 Å². The zero-order chi connectivity index (χ0) is 20.3. The molecule has 1 atom stereocenters. The van der Waals surface area contributed by atoms with E-state index in [9.17, 15) is 10.1 Å². The second-order valence-corrected chi connectivity index (χ2v) is 9.20. The van der Waals surface area contributed by atoms with E-state index in [1.807, 2.05) is 6.08 Å². The Morgan fingerprint density at radius 2 is 1.89 bits per heavy atom. The SMILES string of the molecule is CN1c2cccc(CI)c2C(C)(C)C12C=Cc1cc([N+](=O)[O-])cc(CI)c1O2. The van der Waals surface area contributed by atoms with Gasteiger partial charge < -0.3 is 9.64 Å². The quantitative estimate of drug-likeness (QED) is 0.188. The van der Waals surface area contributed by atoms with Gasteiger partial charge >= 0.3 is 0 Å². The Labute approximate surface area is 191 Å². The van der Waals surface area contributed by atoms with E-state index in [0.29, 0.717) is 4.43 Å². The molecule has 1 spiro atoms. The van der Waals surface area contributed by atoms with Crippen LogP contribution in [-0.2, 0) is 14.3 Å². The lowest BCUT2D eigenvalue weighted by Gasteiger charge is -2.46. The molecule has 2 aromatic rings. The number of halogens is 2. The smallest absolute Gasteiger partial charge is 0.270 e. The van der Waals surface area contributed by atoms with Crippen molar-refractivity contribution in [2.24, 2.45) is 0 Å². The van der Waals surface area contributed by atoms with Gasteiger partial charge in [-0.25, -0.2) is 0 Å². The molecule has 0 saturated heterocycles. The Hall–Kier alpha value is -1.36. The van der Waals surface area contributed by atoms with Gasteiger partial charge in [0.15, 0.2) is 0 Å². The highest BCUT2D eigenvalue weighted by atomic mass is 127. The summed E-state index contributed by atoms with van der Waals surface area (Å²) in [5.74, 6) is 0.742.